The smallest absolute Gasteiger partial charge is 0.267 e. The molecule has 36 heavy (non-hydrogen) atoms. The van der Waals surface area contributed by atoms with Crippen molar-refractivity contribution in [3.63, 3.8) is 0 Å². The zero-order chi connectivity index (χ0) is 25.5. The molecule has 0 spiro atoms. The van der Waals surface area contributed by atoms with E-state index in [1.54, 1.807) is 61.5 Å². The van der Waals surface area contributed by atoms with E-state index < -0.39 is 15.9 Å². The van der Waals surface area contributed by atoms with Gasteiger partial charge in [-0.3, -0.25) is 9.10 Å². The predicted molar refractivity (Wildman–Crippen MR) is 147 cm³/mol. The van der Waals surface area contributed by atoms with Gasteiger partial charge >= 0.3 is 0 Å². The van der Waals surface area contributed by atoms with E-state index in [2.05, 4.69) is 26.5 Å². The second-order valence-corrected chi connectivity index (χ2v) is 10.8. The average Bonchev–Trinajstić information content (AvgIpc) is 2.91. The molecule has 0 aliphatic carbocycles. The first-order valence-corrected chi connectivity index (χ1v) is 13.4. The van der Waals surface area contributed by atoms with Crippen LogP contribution in [0.5, 0.6) is 0 Å². The first kappa shape index (κ1) is 25.3. The van der Waals surface area contributed by atoms with Crippen LogP contribution in [-0.2, 0) is 16.6 Å². The van der Waals surface area contributed by atoms with Crippen LogP contribution in [0.25, 0.3) is 0 Å². The number of hydrazone groups is 1. The Bertz CT molecular complexity index is 1470. The SMILES string of the molecule is C/C(=N/NC(=O)c1ccccc1N(Cc1ccccc1)S(=O)(=O)c1ccccc1)c1ccc(Br)cc1. The van der Waals surface area contributed by atoms with E-state index in [0.29, 0.717) is 5.71 Å². The van der Waals surface area contributed by atoms with Gasteiger partial charge in [-0.2, -0.15) is 5.10 Å². The molecule has 0 saturated carbocycles. The summed E-state index contributed by atoms with van der Waals surface area (Å²) in [6, 6.07) is 31.6. The molecule has 1 amide bonds. The lowest BCUT2D eigenvalue weighted by atomic mass is 10.1. The summed E-state index contributed by atoms with van der Waals surface area (Å²) in [7, 11) is -3.97. The highest BCUT2D eigenvalue weighted by atomic mass is 79.9. The number of anilines is 1. The number of hydrogen-bond donors (Lipinski definition) is 1. The van der Waals surface area contributed by atoms with E-state index in [-0.39, 0.29) is 22.7 Å². The standard InChI is InChI=1S/C28H24BrN3O3S/c1-21(23-16-18-24(29)19-17-23)30-31-28(33)26-14-8-9-15-27(26)32(20-22-10-4-2-5-11-22)36(34,35)25-12-6-3-7-13-25/h2-19H,20H2,1H3,(H,31,33)/b30-21-. The largest absolute Gasteiger partial charge is 0.273 e. The number of nitrogens with zero attached hydrogens (tertiary/aromatic N) is 2. The van der Waals surface area contributed by atoms with Crippen LogP contribution in [0.15, 0.2) is 124 Å². The molecule has 4 aromatic carbocycles. The number of carbonyl (C=O) groups is 1. The third kappa shape index (κ3) is 5.90. The Morgan fingerprint density at radius 1 is 0.833 bits per heavy atom. The van der Waals surface area contributed by atoms with E-state index in [1.165, 1.54) is 4.31 Å². The Labute approximate surface area is 219 Å². The highest BCUT2D eigenvalue weighted by molar-refractivity contribution is 9.10. The molecular formula is C28H24BrN3O3S. The van der Waals surface area contributed by atoms with E-state index >= 15 is 0 Å². The van der Waals surface area contributed by atoms with Crippen LogP contribution in [0.3, 0.4) is 0 Å². The third-order valence-electron chi connectivity index (χ3n) is 5.50. The zero-order valence-corrected chi connectivity index (χ0v) is 21.9. The van der Waals surface area contributed by atoms with Gasteiger partial charge in [0.15, 0.2) is 0 Å². The quantitative estimate of drug-likeness (QED) is 0.211. The van der Waals surface area contributed by atoms with Crippen LogP contribution in [0.2, 0.25) is 0 Å². The third-order valence-corrected chi connectivity index (χ3v) is 7.81. The summed E-state index contributed by atoms with van der Waals surface area (Å²) < 4.78 is 29.7. The number of sulfonamides is 1. The Morgan fingerprint density at radius 2 is 1.42 bits per heavy atom. The molecule has 0 aliphatic heterocycles. The topological polar surface area (TPSA) is 78.8 Å². The van der Waals surface area contributed by atoms with Crippen LogP contribution >= 0.6 is 15.9 Å². The van der Waals surface area contributed by atoms with Crippen molar-refractivity contribution in [2.75, 3.05) is 4.31 Å². The highest BCUT2D eigenvalue weighted by Crippen LogP contribution is 2.29. The Hall–Kier alpha value is -3.75. The summed E-state index contributed by atoms with van der Waals surface area (Å²) >= 11 is 3.40. The fourth-order valence-electron chi connectivity index (χ4n) is 3.60. The highest BCUT2D eigenvalue weighted by Gasteiger charge is 2.28. The van der Waals surface area contributed by atoms with Gasteiger partial charge in [0.25, 0.3) is 15.9 Å². The molecule has 8 heteroatoms. The van der Waals surface area contributed by atoms with Crippen molar-refractivity contribution in [1.82, 2.24) is 5.43 Å². The van der Waals surface area contributed by atoms with Crippen LogP contribution < -0.4 is 9.73 Å². The number of hydrogen-bond acceptors (Lipinski definition) is 4. The Kier molecular flexibility index (Phi) is 7.97. The number of nitrogens with one attached hydrogen (secondary N) is 1. The van der Waals surface area contributed by atoms with E-state index in [9.17, 15) is 13.2 Å². The monoisotopic (exact) mass is 561 g/mol. The van der Waals surface area contributed by atoms with Crippen LogP contribution in [0.1, 0.15) is 28.4 Å². The van der Waals surface area contributed by atoms with Crippen molar-refractivity contribution in [2.24, 2.45) is 5.10 Å². The summed E-state index contributed by atoms with van der Waals surface area (Å²) in [4.78, 5) is 13.4. The normalized spacial score (nSPS) is 11.7. The molecule has 1 N–H and O–H groups in total. The predicted octanol–water partition coefficient (Wildman–Crippen LogP) is 6.00. The van der Waals surface area contributed by atoms with Gasteiger partial charge < -0.3 is 0 Å². The van der Waals surface area contributed by atoms with Gasteiger partial charge in [0, 0.05) is 4.47 Å². The maximum absolute atomic E-state index is 13.8. The second kappa shape index (κ2) is 11.3. The molecule has 4 aromatic rings. The van der Waals surface area contributed by atoms with Crippen LogP contribution in [0.4, 0.5) is 5.69 Å². The zero-order valence-electron chi connectivity index (χ0n) is 19.5. The summed E-state index contributed by atoms with van der Waals surface area (Å²) in [5.41, 5.74) is 5.29. The van der Waals surface area contributed by atoms with Crippen molar-refractivity contribution in [2.45, 2.75) is 18.4 Å². The minimum Gasteiger partial charge on any atom is -0.267 e. The fraction of sp³-hybridized carbons (Fsp3) is 0.0714. The molecule has 0 unspecified atom stereocenters. The molecule has 0 atom stereocenters. The number of rotatable bonds is 8. The second-order valence-electron chi connectivity index (χ2n) is 7.97. The number of para-hydroxylation sites is 1. The van der Waals surface area contributed by atoms with Gasteiger partial charge in [-0.15, -0.1) is 0 Å². The minimum atomic E-state index is -3.97. The van der Waals surface area contributed by atoms with Crippen molar-refractivity contribution in [3.8, 4) is 0 Å². The lowest BCUT2D eigenvalue weighted by Crippen LogP contribution is -2.33. The molecule has 0 heterocycles. The van der Waals surface area contributed by atoms with Crippen LogP contribution in [-0.4, -0.2) is 20.0 Å². The van der Waals surface area contributed by atoms with Crippen molar-refractivity contribution >= 4 is 43.3 Å². The van der Waals surface area contributed by atoms with Gasteiger partial charge in [0.2, 0.25) is 0 Å². The Balaban J connectivity index is 1.71. The molecule has 6 nitrogen and oxygen atoms in total. The molecule has 0 fully saturated rings. The van der Waals surface area contributed by atoms with Gasteiger partial charge in [-0.1, -0.05) is 88.7 Å². The average molecular weight is 562 g/mol. The number of benzene rings is 4. The van der Waals surface area contributed by atoms with E-state index in [1.807, 2.05) is 54.6 Å². The van der Waals surface area contributed by atoms with Crippen molar-refractivity contribution in [1.29, 1.82) is 0 Å². The van der Waals surface area contributed by atoms with Gasteiger partial charge in [0.05, 0.1) is 28.4 Å². The molecule has 182 valence electrons. The fourth-order valence-corrected chi connectivity index (χ4v) is 5.36. The maximum atomic E-state index is 13.8. The lowest BCUT2D eigenvalue weighted by Gasteiger charge is -2.26. The molecule has 0 radical (unpaired) electrons. The van der Waals surface area contributed by atoms with E-state index in [4.69, 9.17) is 0 Å². The summed E-state index contributed by atoms with van der Waals surface area (Å²) in [5, 5.41) is 4.24. The number of amides is 1. The number of carbonyl (C=O) groups excluding carboxylic acids is 1. The van der Waals surface area contributed by atoms with Gasteiger partial charge in [0.1, 0.15) is 0 Å². The van der Waals surface area contributed by atoms with Crippen molar-refractivity contribution < 1.29 is 13.2 Å². The van der Waals surface area contributed by atoms with E-state index in [0.717, 1.165) is 15.6 Å². The van der Waals surface area contributed by atoms with Crippen LogP contribution in [0, 0.1) is 0 Å². The number of halogens is 1. The minimum absolute atomic E-state index is 0.0591. The maximum Gasteiger partial charge on any atom is 0.273 e. The molecular weight excluding hydrogens is 538 g/mol. The Morgan fingerprint density at radius 3 is 2.08 bits per heavy atom. The molecule has 0 aromatic heterocycles. The molecule has 0 aliphatic rings. The van der Waals surface area contributed by atoms with Crippen molar-refractivity contribution in [3.05, 3.63) is 130 Å². The summed E-state index contributed by atoms with van der Waals surface area (Å²) in [6.45, 7) is 1.85. The summed E-state index contributed by atoms with van der Waals surface area (Å²) in [6.07, 6.45) is 0. The first-order valence-electron chi connectivity index (χ1n) is 11.2. The molecule has 0 saturated heterocycles. The van der Waals surface area contributed by atoms with Gasteiger partial charge in [-0.25, -0.2) is 13.8 Å². The lowest BCUT2D eigenvalue weighted by molar-refractivity contribution is 0.0955. The molecule has 0 bridgehead atoms. The first-order chi connectivity index (χ1) is 17.4. The van der Waals surface area contributed by atoms with Gasteiger partial charge in [-0.05, 0) is 54.4 Å². The summed E-state index contributed by atoms with van der Waals surface area (Å²) in [5.74, 6) is -0.511. The molecule has 4 rings (SSSR count).